The van der Waals surface area contributed by atoms with Gasteiger partial charge in [0, 0.05) is 16.7 Å². The van der Waals surface area contributed by atoms with Gasteiger partial charge in [-0.05, 0) is 30.3 Å². The van der Waals surface area contributed by atoms with Gasteiger partial charge in [-0.25, -0.2) is 4.79 Å². The van der Waals surface area contributed by atoms with E-state index in [2.05, 4.69) is 5.32 Å². The normalized spacial score (nSPS) is 10.5. The van der Waals surface area contributed by atoms with Crippen molar-refractivity contribution >= 4 is 46.8 Å². The fourth-order valence-corrected chi connectivity index (χ4v) is 2.38. The third-order valence-electron chi connectivity index (χ3n) is 3.09. The highest BCUT2D eigenvalue weighted by Crippen LogP contribution is 2.25. The minimum absolute atomic E-state index is 0.295. The molecule has 2 aromatic carbocycles. The van der Waals surface area contributed by atoms with Gasteiger partial charge >= 0.3 is 5.97 Å². The Morgan fingerprint density at radius 1 is 1.16 bits per heavy atom. The molecule has 0 bridgehead atoms. The van der Waals surface area contributed by atoms with Crippen LogP contribution in [0.5, 0.6) is 5.75 Å². The number of rotatable bonds is 6. The van der Waals surface area contributed by atoms with Crippen LogP contribution in [0.25, 0.3) is 6.08 Å². The Labute approximate surface area is 155 Å². The van der Waals surface area contributed by atoms with Crippen molar-refractivity contribution in [3.63, 3.8) is 0 Å². The molecule has 7 heteroatoms. The van der Waals surface area contributed by atoms with E-state index < -0.39 is 18.5 Å². The standard InChI is InChI=1S/C18H15Cl2NO4/c1-24-16-5-3-2-4-12(16)6-9-18(23)25-11-17(22)21-15-8-7-13(19)10-14(15)20/h2-10H,11H2,1H3,(H,21,22)/b9-6+. The molecule has 1 amide bonds. The second kappa shape index (κ2) is 9.11. The summed E-state index contributed by atoms with van der Waals surface area (Å²) in [6.45, 7) is -0.436. The number of ether oxygens (including phenoxy) is 2. The van der Waals surface area contributed by atoms with Crippen LogP contribution in [0.4, 0.5) is 5.69 Å². The summed E-state index contributed by atoms with van der Waals surface area (Å²) in [7, 11) is 1.54. The number of benzene rings is 2. The van der Waals surface area contributed by atoms with Gasteiger partial charge in [-0.2, -0.15) is 0 Å². The lowest BCUT2D eigenvalue weighted by Crippen LogP contribution is -2.20. The van der Waals surface area contributed by atoms with Crippen LogP contribution in [0.1, 0.15) is 5.56 Å². The molecule has 130 valence electrons. The molecular formula is C18H15Cl2NO4. The molecule has 1 N–H and O–H groups in total. The van der Waals surface area contributed by atoms with Crippen molar-refractivity contribution in [3.8, 4) is 5.75 Å². The molecule has 0 spiro atoms. The predicted molar refractivity (Wildman–Crippen MR) is 98.1 cm³/mol. The van der Waals surface area contributed by atoms with Gasteiger partial charge in [-0.15, -0.1) is 0 Å². The average Bonchev–Trinajstić information content (AvgIpc) is 2.60. The molecule has 0 heterocycles. The van der Waals surface area contributed by atoms with Gasteiger partial charge in [0.25, 0.3) is 5.91 Å². The Kier molecular flexibility index (Phi) is 6.86. The Balaban J connectivity index is 1.87. The van der Waals surface area contributed by atoms with E-state index in [0.29, 0.717) is 21.5 Å². The van der Waals surface area contributed by atoms with Gasteiger partial charge in [0.05, 0.1) is 17.8 Å². The molecule has 0 saturated carbocycles. The SMILES string of the molecule is COc1ccccc1/C=C/C(=O)OCC(=O)Nc1ccc(Cl)cc1Cl. The fourth-order valence-electron chi connectivity index (χ4n) is 1.92. The average molecular weight is 380 g/mol. The van der Waals surface area contributed by atoms with Gasteiger partial charge in [0.1, 0.15) is 5.75 Å². The Morgan fingerprint density at radius 2 is 1.92 bits per heavy atom. The third kappa shape index (κ3) is 5.81. The lowest BCUT2D eigenvalue weighted by atomic mass is 10.2. The first-order valence-electron chi connectivity index (χ1n) is 7.22. The summed E-state index contributed by atoms with van der Waals surface area (Å²) >= 11 is 11.7. The van der Waals surface area contributed by atoms with E-state index in [1.807, 2.05) is 12.1 Å². The predicted octanol–water partition coefficient (Wildman–Crippen LogP) is 4.20. The zero-order valence-electron chi connectivity index (χ0n) is 13.3. The van der Waals surface area contributed by atoms with Crippen molar-refractivity contribution in [2.24, 2.45) is 0 Å². The van der Waals surface area contributed by atoms with E-state index in [4.69, 9.17) is 32.7 Å². The number of methoxy groups -OCH3 is 1. The number of hydrogen-bond acceptors (Lipinski definition) is 4. The molecule has 0 aliphatic carbocycles. The smallest absolute Gasteiger partial charge is 0.331 e. The molecule has 0 saturated heterocycles. The number of para-hydroxylation sites is 1. The molecule has 2 aromatic rings. The number of nitrogens with one attached hydrogen (secondary N) is 1. The van der Waals surface area contributed by atoms with Gasteiger partial charge in [0.15, 0.2) is 6.61 Å². The Hall–Kier alpha value is -2.50. The summed E-state index contributed by atoms with van der Waals surface area (Å²) < 4.78 is 10.1. The Morgan fingerprint density at radius 3 is 2.64 bits per heavy atom. The van der Waals surface area contributed by atoms with E-state index >= 15 is 0 Å². The molecule has 2 rings (SSSR count). The summed E-state index contributed by atoms with van der Waals surface area (Å²) in [6.07, 6.45) is 2.77. The summed E-state index contributed by atoms with van der Waals surface area (Å²) in [6, 6.07) is 11.8. The zero-order chi connectivity index (χ0) is 18.2. The van der Waals surface area contributed by atoms with Crippen LogP contribution in [-0.2, 0) is 14.3 Å². The van der Waals surface area contributed by atoms with Crippen LogP contribution in [0.3, 0.4) is 0 Å². The van der Waals surface area contributed by atoms with Crippen LogP contribution in [0, 0.1) is 0 Å². The zero-order valence-corrected chi connectivity index (χ0v) is 14.8. The minimum Gasteiger partial charge on any atom is -0.496 e. The largest absolute Gasteiger partial charge is 0.496 e. The van der Waals surface area contributed by atoms with E-state index in [1.165, 1.54) is 19.3 Å². The number of halogens is 2. The highest BCUT2D eigenvalue weighted by Gasteiger charge is 2.09. The molecule has 25 heavy (non-hydrogen) atoms. The first kappa shape index (κ1) is 18.8. The minimum atomic E-state index is -0.650. The van der Waals surface area contributed by atoms with Gasteiger partial charge in [-0.1, -0.05) is 41.4 Å². The van der Waals surface area contributed by atoms with Gasteiger partial charge < -0.3 is 14.8 Å². The Bertz CT molecular complexity index is 805. The number of hydrogen-bond donors (Lipinski definition) is 1. The molecule has 5 nitrogen and oxygen atoms in total. The van der Waals surface area contributed by atoms with Crippen LogP contribution >= 0.6 is 23.2 Å². The quantitative estimate of drug-likeness (QED) is 0.603. The molecule has 0 aliphatic heterocycles. The number of amides is 1. The van der Waals surface area contributed by atoms with Crippen LogP contribution in [0.15, 0.2) is 48.5 Å². The molecule has 0 atom stereocenters. The summed E-state index contributed by atoms with van der Waals surface area (Å²) in [5.41, 5.74) is 1.11. The molecular weight excluding hydrogens is 365 g/mol. The lowest BCUT2D eigenvalue weighted by Gasteiger charge is -2.07. The number of anilines is 1. The van der Waals surface area contributed by atoms with E-state index in [9.17, 15) is 9.59 Å². The van der Waals surface area contributed by atoms with Crippen molar-refractivity contribution in [1.29, 1.82) is 0 Å². The summed E-state index contributed by atoms with van der Waals surface area (Å²) in [4.78, 5) is 23.5. The second-order valence-electron chi connectivity index (χ2n) is 4.86. The van der Waals surface area contributed by atoms with Crippen molar-refractivity contribution in [1.82, 2.24) is 0 Å². The van der Waals surface area contributed by atoms with Crippen LogP contribution < -0.4 is 10.1 Å². The monoisotopic (exact) mass is 379 g/mol. The lowest BCUT2D eigenvalue weighted by molar-refractivity contribution is -0.142. The second-order valence-corrected chi connectivity index (χ2v) is 5.70. The molecule has 0 unspecified atom stereocenters. The highest BCUT2D eigenvalue weighted by molar-refractivity contribution is 6.36. The maximum atomic E-state index is 11.8. The van der Waals surface area contributed by atoms with Gasteiger partial charge in [-0.3, -0.25) is 4.79 Å². The first-order chi connectivity index (χ1) is 12.0. The van der Waals surface area contributed by atoms with Crippen LogP contribution in [-0.4, -0.2) is 25.6 Å². The molecule has 0 radical (unpaired) electrons. The number of esters is 1. The maximum absolute atomic E-state index is 11.8. The van der Waals surface area contributed by atoms with E-state index in [1.54, 1.807) is 30.3 Å². The van der Waals surface area contributed by atoms with Crippen molar-refractivity contribution in [2.45, 2.75) is 0 Å². The highest BCUT2D eigenvalue weighted by atomic mass is 35.5. The topological polar surface area (TPSA) is 64.6 Å². The van der Waals surface area contributed by atoms with Crippen molar-refractivity contribution in [3.05, 3.63) is 64.1 Å². The van der Waals surface area contributed by atoms with Crippen LogP contribution in [0.2, 0.25) is 10.0 Å². The summed E-state index contributed by atoms with van der Waals surface area (Å²) in [5, 5.41) is 3.28. The molecule has 0 aliphatic rings. The number of carbonyl (C=O) groups is 2. The van der Waals surface area contributed by atoms with E-state index in [-0.39, 0.29) is 0 Å². The maximum Gasteiger partial charge on any atom is 0.331 e. The fraction of sp³-hybridized carbons (Fsp3) is 0.111. The van der Waals surface area contributed by atoms with E-state index in [0.717, 1.165) is 5.56 Å². The summed E-state index contributed by atoms with van der Waals surface area (Å²) in [5.74, 6) is -0.534. The molecule has 0 aromatic heterocycles. The first-order valence-corrected chi connectivity index (χ1v) is 7.98. The van der Waals surface area contributed by atoms with Crippen molar-refractivity contribution < 1.29 is 19.1 Å². The third-order valence-corrected chi connectivity index (χ3v) is 3.64. The van der Waals surface area contributed by atoms with Gasteiger partial charge in [0.2, 0.25) is 0 Å². The van der Waals surface area contributed by atoms with Crippen molar-refractivity contribution in [2.75, 3.05) is 19.0 Å². The molecule has 0 fully saturated rings. The number of carbonyl (C=O) groups excluding carboxylic acids is 2.